The van der Waals surface area contributed by atoms with Crippen LogP contribution >= 0.6 is 11.8 Å². The van der Waals surface area contributed by atoms with Gasteiger partial charge in [0.05, 0.1) is 6.61 Å². The van der Waals surface area contributed by atoms with Crippen molar-refractivity contribution in [3.05, 3.63) is 29.8 Å². The predicted molar refractivity (Wildman–Crippen MR) is 78.3 cm³/mol. The molecule has 2 rings (SSSR count). The lowest BCUT2D eigenvalue weighted by Gasteiger charge is -2.17. The van der Waals surface area contributed by atoms with Gasteiger partial charge < -0.3 is 10.1 Å². The minimum atomic E-state index is -0.337. The first kappa shape index (κ1) is 14.4. The summed E-state index contributed by atoms with van der Waals surface area (Å²) in [5.74, 6) is 0.558. The van der Waals surface area contributed by atoms with Crippen LogP contribution in [0.15, 0.2) is 29.2 Å². The van der Waals surface area contributed by atoms with Crippen LogP contribution in [0, 0.1) is 5.92 Å². The van der Waals surface area contributed by atoms with E-state index in [1.165, 1.54) is 17.7 Å². The van der Waals surface area contributed by atoms with E-state index >= 15 is 0 Å². The lowest BCUT2D eigenvalue weighted by Crippen LogP contribution is -2.31. The third kappa shape index (κ3) is 4.25. The highest BCUT2D eigenvalue weighted by Gasteiger charge is 2.26. The Kier molecular flexibility index (Phi) is 5.28. The van der Waals surface area contributed by atoms with E-state index < -0.39 is 0 Å². The number of rotatable bonds is 7. The number of thioether (sulfide) groups is 1. The van der Waals surface area contributed by atoms with E-state index in [0.717, 1.165) is 18.0 Å². The van der Waals surface area contributed by atoms with Gasteiger partial charge in [0, 0.05) is 4.90 Å². The van der Waals surface area contributed by atoms with Crippen molar-refractivity contribution in [2.45, 2.75) is 30.7 Å². The average Bonchev–Trinajstić information content (AvgIpc) is 3.24. The number of esters is 1. The molecule has 0 saturated heterocycles. The van der Waals surface area contributed by atoms with Crippen molar-refractivity contribution in [2.75, 3.05) is 19.4 Å². The summed E-state index contributed by atoms with van der Waals surface area (Å²) in [6, 6.07) is 7.77. The maximum absolute atomic E-state index is 12.0. The molecule has 1 aliphatic carbocycles. The number of hydrogen-bond donors (Lipinski definition) is 1. The monoisotopic (exact) mass is 279 g/mol. The first-order valence-corrected chi connectivity index (χ1v) is 8.01. The molecule has 1 N–H and O–H groups in total. The largest absolute Gasteiger partial charge is 0.465 e. The van der Waals surface area contributed by atoms with Crippen LogP contribution < -0.4 is 5.32 Å². The van der Waals surface area contributed by atoms with Gasteiger partial charge in [-0.05, 0) is 56.2 Å². The van der Waals surface area contributed by atoms with Gasteiger partial charge in [0.15, 0.2) is 0 Å². The first-order valence-electron chi connectivity index (χ1n) is 6.78. The normalized spacial score (nSPS) is 16.1. The molecule has 0 radical (unpaired) electrons. The highest BCUT2D eigenvalue weighted by Crippen LogP contribution is 2.29. The van der Waals surface area contributed by atoms with Crippen molar-refractivity contribution < 1.29 is 9.53 Å². The van der Waals surface area contributed by atoms with Gasteiger partial charge in [-0.3, -0.25) is 0 Å². The summed E-state index contributed by atoms with van der Waals surface area (Å²) in [4.78, 5) is 13.2. The molecule has 1 fully saturated rings. The molecule has 0 bridgehead atoms. The Morgan fingerprint density at radius 2 is 2.11 bits per heavy atom. The van der Waals surface area contributed by atoms with E-state index in [0.29, 0.717) is 6.61 Å². The number of carbonyl (C=O) groups is 1. The van der Waals surface area contributed by atoms with E-state index in [9.17, 15) is 4.79 Å². The minimum absolute atomic E-state index is 0.181. The van der Waals surface area contributed by atoms with Crippen LogP contribution in [-0.4, -0.2) is 25.4 Å². The molecule has 0 aliphatic heterocycles. The van der Waals surface area contributed by atoms with Gasteiger partial charge in [-0.1, -0.05) is 12.1 Å². The Hall–Kier alpha value is -1.00. The summed E-state index contributed by atoms with van der Waals surface area (Å²) < 4.78 is 5.16. The second-order valence-electron chi connectivity index (χ2n) is 4.81. The molecule has 0 aromatic heterocycles. The summed E-state index contributed by atoms with van der Waals surface area (Å²) in [5.41, 5.74) is 0.983. The van der Waals surface area contributed by atoms with E-state index in [2.05, 4.69) is 5.32 Å². The Morgan fingerprint density at radius 3 is 2.63 bits per heavy atom. The van der Waals surface area contributed by atoms with Crippen LogP contribution in [0.3, 0.4) is 0 Å². The number of nitrogens with one attached hydrogen (secondary N) is 1. The maximum atomic E-state index is 12.0. The molecule has 0 spiro atoms. The zero-order valence-corrected chi connectivity index (χ0v) is 12.3. The third-order valence-corrected chi connectivity index (χ3v) is 4.02. The summed E-state index contributed by atoms with van der Waals surface area (Å²) in [5, 5.41) is 3.34. The van der Waals surface area contributed by atoms with Crippen molar-refractivity contribution in [1.29, 1.82) is 0 Å². The molecule has 1 aromatic carbocycles. The summed E-state index contributed by atoms with van der Waals surface area (Å²) in [6.07, 6.45) is 4.59. The van der Waals surface area contributed by atoms with Crippen LogP contribution in [0.1, 0.15) is 31.4 Å². The Morgan fingerprint density at radius 1 is 1.42 bits per heavy atom. The van der Waals surface area contributed by atoms with Gasteiger partial charge in [-0.15, -0.1) is 11.8 Å². The van der Waals surface area contributed by atoms with Crippen molar-refractivity contribution in [3.8, 4) is 0 Å². The fraction of sp³-hybridized carbons (Fsp3) is 0.533. The first-order chi connectivity index (χ1) is 9.24. The number of ether oxygens (including phenoxy) is 1. The second-order valence-corrected chi connectivity index (χ2v) is 5.69. The van der Waals surface area contributed by atoms with Crippen LogP contribution in [-0.2, 0) is 9.53 Å². The van der Waals surface area contributed by atoms with E-state index in [-0.39, 0.29) is 12.0 Å². The Labute approximate surface area is 119 Å². The zero-order chi connectivity index (χ0) is 13.7. The Balaban J connectivity index is 2.06. The molecule has 1 aliphatic rings. The smallest absolute Gasteiger partial charge is 0.327 e. The summed E-state index contributed by atoms with van der Waals surface area (Å²) >= 11 is 1.70. The lowest BCUT2D eigenvalue weighted by molar-refractivity contribution is -0.145. The van der Waals surface area contributed by atoms with Gasteiger partial charge in [0.1, 0.15) is 6.04 Å². The molecule has 1 unspecified atom stereocenters. The Bertz CT molecular complexity index is 415. The third-order valence-electron chi connectivity index (χ3n) is 3.28. The molecule has 4 heteroatoms. The molecule has 1 aromatic rings. The van der Waals surface area contributed by atoms with Gasteiger partial charge in [-0.25, -0.2) is 4.79 Å². The van der Waals surface area contributed by atoms with Crippen molar-refractivity contribution >= 4 is 17.7 Å². The van der Waals surface area contributed by atoms with Crippen LogP contribution in [0.4, 0.5) is 0 Å². The second kappa shape index (κ2) is 6.96. The van der Waals surface area contributed by atoms with Gasteiger partial charge in [-0.2, -0.15) is 0 Å². The molecule has 0 heterocycles. The number of carbonyl (C=O) groups excluding carboxylic acids is 1. The fourth-order valence-electron chi connectivity index (χ4n) is 1.97. The highest BCUT2D eigenvalue weighted by molar-refractivity contribution is 7.98. The quantitative estimate of drug-likeness (QED) is 0.615. The summed E-state index contributed by atoms with van der Waals surface area (Å²) in [6.45, 7) is 3.16. The van der Waals surface area contributed by atoms with Crippen molar-refractivity contribution in [3.63, 3.8) is 0 Å². The molecular formula is C15H21NO2S. The number of hydrogen-bond acceptors (Lipinski definition) is 4. The van der Waals surface area contributed by atoms with Crippen molar-refractivity contribution in [2.24, 2.45) is 5.92 Å². The van der Waals surface area contributed by atoms with Gasteiger partial charge in [0.25, 0.3) is 0 Å². The molecule has 19 heavy (non-hydrogen) atoms. The molecule has 1 atom stereocenters. The topological polar surface area (TPSA) is 38.3 Å². The SMILES string of the molecule is CCOC(=O)C(NCC1CC1)c1ccc(SC)cc1. The number of benzene rings is 1. The molecular weight excluding hydrogens is 258 g/mol. The van der Waals surface area contributed by atoms with Crippen molar-refractivity contribution in [1.82, 2.24) is 5.32 Å². The van der Waals surface area contributed by atoms with Crippen LogP contribution in [0.2, 0.25) is 0 Å². The van der Waals surface area contributed by atoms with E-state index in [1.807, 2.05) is 37.4 Å². The van der Waals surface area contributed by atoms with E-state index in [4.69, 9.17) is 4.74 Å². The van der Waals surface area contributed by atoms with Crippen LogP contribution in [0.25, 0.3) is 0 Å². The summed E-state index contributed by atoms with van der Waals surface area (Å²) in [7, 11) is 0. The maximum Gasteiger partial charge on any atom is 0.327 e. The average molecular weight is 279 g/mol. The highest BCUT2D eigenvalue weighted by atomic mass is 32.2. The standard InChI is InChI=1S/C15H21NO2S/c1-3-18-15(17)14(16-10-11-4-5-11)12-6-8-13(19-2)9-7-12/h6-9,11,14,16H,3-5,10H2,1-2H3. The zero-order valence-electron chi connectivity index (χ0n) is 11.5. The predicted octanol–water partition coefficient (Wildman–Crippen LogP) is 3.01. The van der Waals surface area contributed by atoms with Crippen LogP contribution in [0.5, 0.6) is 0 Å². The molecule has 1 saturated carbocycles. The minimum Gasteiger partial charge on any atom is -0.465 e. The molecule has 0 amide bonds. The lowest BCUT2D eigenvalue weighted by atomic mass is 10.1. The van der Waals surface area contributed by atoms with Gasteiger partial charge in [0.2, 0.25) is 0 Å². The van der Waals surface area contributed by atoms with E-state index in [1.54, 1.807) is 11.8 Å². The molecule has 104 valence electrons. The molecule has 3 nitrogen and oxygen atoms in total. The van der Waals surface area contributed by atoms with Gasteiger partial charge >= 0.3 is 5.97 Å². The fourth-order valence-corrected chi connectivity index (χ4v) is 2.37.